The monoisotopic (exact) mass is 336 g/mol. The number of hydrogen-bond donors (Lipinski definition) is 3. The molecule has 0 spiro atoms. The van der Waals surface area contributed by atoms with Crippen LogP contribution in [0.1, 0.15) is 24.9 Å². The average molecular weight is 336 g/mol. The maximum absolute atomic E-state index is 13.6. The van der Waals surface area contributed by atoms with E-state index in [1.807, 2.05) is 0 Å². The van der Waals surface area contributed by atoms with Gasteiger partial charge in [-0.2, -0.15) is 0 Å². The number of amides is 1. The molecule has 0 radical (unpaired) electrons. The van der Waals surface area contributed by atoms with Gasteiger partial charge in [-0.3, -0.25) is 9.59 Å². The van der Waals surface area contributed by atoms with E-state index in [4.69, 9.17) is 5.11 Å². The molecule has 1 aromatic carbocycles. The van der Waals surface area contributed by atoms with E-state index in [-0.39, 0.29) is 12.2 Å². The largest absolute Gasteiger partial charge is 0.503 e. The first-order valence-corrected chi connectivity index (χ1v) is 7.79. The molecule has 7 heteroatoms. The van der Waals surface area contributed by atoms with Crippen LogP contribution in [0.15, 0.2) is 35.6 Å². The van der Waals surface area contributed by atoms with Crippen molar-refractivity contribution in [2.45, 2.75) is 19.4 Å². The fourth-order valence-corrected chi connectivity index (χ4v) is 2.85. The highest BCUT2D eigenvalue weighted by Crippen LogP contribution is 2.37. The molecule has 1 amide bonds. The van der Waals surface area contributed by atoms with Crippen molar-refractivity contribution < 1.29 is 24.2 Å². The maximum atomic E-state index is 13.6. The van der Waals surface area contributed by atoms with Gasteiger partial charge in [-0.25, -0.2) is 4.39 Å². The number of carbonyl (C=O) groups is 2. The Morgan fingerprint density at radius 2 is 2.12 bits per heavy atom. The van der Waals surface area contributed by atoms with Gasteiger partial charge in [0.05, 0.1) is 18.2 Å². The number of Topliss-reactive ketones (excluding diaryl/α,β-unsaturated/α-hetero) is 1. The summed E-state index contributed by atoms with van der Waals surface area (Å²) in [6.45, 7) is 2.60. The molecule has 1 atom stereocenters. The van der Waals surface area contributed by atoms with Crippen LogP contribution in [0.4, 0.5) is 4.39 Å². The van der Waals surface area contributed by atoms with Crippen molar-refractivity contribution in [1.82, 2.24) is 10.2 Å². The lowest BCUT2D eigenvalue weighted by Gasteiger charge is -2.26. The second-order valence-corrected chi connectivity index (χ2v) is 5.60. The van der Waals surface area contributed by atoms with Crippen LogP contribution in [-0.4, -0.2) is 53.0 Å². The van der Waals surface area contributed by atoms with Gasteiger partial charge in [0, 0.05) is 13.1 Å². The normalized spacial score (nSPS) is 17.7. The third-order valence-corrected chi connectivity index (χ3v) is 3.89. The highest BCUT2D eigenvalue weighted by molar-refractivity contribution is 6.08. The number of nitrogens with zero attached hydrogens (tertiary/aromatic N) is 1. The van der Waals surface area contributed by atoms with Crippen LogP contribution in [0.5, 0.6) is 0 Å². The molecule has 0 saturated carbocycles. The molecular weight excluding hydrogens is 315 g/mol. The molecule has 0 fully saturated rings. The number of nitrogens with one attached hydrogen (secondary N) is 1. The fraction of sp³-hybridized carbons (Fsp3) is 0.412. The van der Waals surface area contributed by atoms with Crippen molar-refractivity contribution in [3.63, 3.8) is 0 Å². The molecule has 1 heterocycles. The van der Waals surface area contributed by atoms with Gasteiger partial charge < -0.3 is 20.4 Å². The van der Waals surface area contributed by atoms with Gasteiger partial charge in [-0.05, 0) is 37.6 Å². The number of aliphatic hydroxyl groups excluding tert-OH is 2. The smallest absolute Gasteiger partial charge is 0.290 e. The Labute approximate surface area is 139 Å². The number of ketones is 1. The first-order chi connectivity index (χ1) is 11.5. The highest BCUT2D eigenvalue weighted by Gasteiger charge is 2.42. The Kier molecular flexibility index (Phi) is 6.05. The van der Waals surface area contributed by atoms with Crippen LogP contribution in [0.2, 0.25) is 0 Å². The first kappa shape index (κ1) is 18.1. The molecular formula is C17H21FN2O4. The highest BCUT2D eigenvalue weighted by atomic mass is 19.1. The summed E-state index contributed by atoms with van der Waals surface area (Å²) in [7, 11) is 0. The van der Waals surface area contributed by atoms with Crippen LogP contribution in [0.25, 0.3) is 0 Å². The Hall–Kier alpha value is -2.25. The number of benzene rings is 1. The molecule has 24 heavy (non-hydrogen) atoms. The lowest BCUT2D eigenvalue weighted by atomic mass is 9.96. The van der Waals surface area contributed by atoms with Crippen molar-refractivity contribution in [2.75, 3.05) is 26.2 Å². The molecule has 130 valence electrons. The predicted octanol–water partition coefficient (Wildman–Crippen LogP) is 1.08. The van der Waals surface area contributed by atoms with Gasteiger partial charge >= 0.3 is 0 Å². The summed E-state index contributed by atoms with van der Waals surface area (Å²) in [6, 6.07) is 4.88. The molecule has 1 aliphatic heterocycles. The van der Waals surface area contributed by atoms with E-state index in [1.54, 1.807) is 6.07 Å². The maximum Gasteiger partial charge on any atom is 0.290 e. The average Bonchev–Trinajstić information content (AvgIpc) is 2.79. The summed E-state index contributed by atoms with van der Waals surface area (Å²) in [5.74, 6) is -2.09. The Morgan fingerprint density at radius 1 is 1.38 bits per heavy atom. The molecule has 0 aliphatic carbocycles. The van der Waals surface area contributed by atoms with Gasteiger partial charge in [-0.1, -0.05) is 12.1 Å². The van der Waals surface area contributed by atoms with Crippen molar-refractivity contribution in [3.8, 4) is 0 Å². The van der Waals surface area contributed by atoms with Gasteiger partial charge in [-0.15, -0.1) is 0 Å². The van der Waals surface area contributed by atoms with E-state index in [2.05, 4.69) is 5.32 Å². The molecule has 2 rings (SSSR count). The summed E-state index contributed by atoms with van der Waals surface area (Å²) < 4.78 is 13.6. The molecule has 1 aromatic rings. The number of carbonyl (C=O) groups excluding carboxylic acids is 2. The SMILES string of the molecule is CC(=O)C1=C(O)C(=O)N(CCCNCCO)[C@@H]1c1cccc(F)c1. The van der Waals surface area contributed by atoms with Crippen molar-refractivity contribution in [2.24, 2.45) is 0 Å². The zero-order chi connectivity index (χ0) is 17.7. The van der Waals surface area contributed by atoms with Gasteiger partial charge in [0.25, 0.3) is 5.91 Å². The summed E-state index contributed by atoms with van der Waals surface area (Å²) in [4.78, 5) is 25.6. The third kappa shape index (κ3) is 3.80. The lowest BCUT2D eigenvalue weighted by molar-refractivity contribution is -0.129. The molecule has 0 bridgehead atoms. The van der Waals surface area contributed by atoms with E-state index in [0.29, 0.717) is 31.6 Å². The molecule has 6 nitrogen and oxygen atoms in total. The lowest BCUT2D eigenvalue weighted by Crippen LogP contribution is -2.33. The molecule has 0 saturated heterocycles. The summed E-state index contributed by atoms with van der Waals surface area (Å²) in [5.41, 5.74) is 0.440. The van der Waals surface area contributed by atoms with Crippen molar-refractivity contribution >= 4 is 11.7 Å². The third-order valence-electron chi connectivity index (χ3n) is 3.89. The number of aliphatic hydroxyl groups is 2. The molecule has 0 unspecified atom stereocenters. The van der Waals surface area contributed by atoms with E-state index >= 15 is 0 Å². The summed E-state index contributed by atoms with van der Waals surface area (Å²) in [5, 5.41) is 21.8. The van der Waals surface area contributed by atoms with Gasteiger partial charge in [0.15, 0.2) is 11.5 Å². The van der Waals surface area contributed by atoms with E-state index < -0.39 is 29.3 Å². The zero-order valence-corrected chi connectivity index (χ0v) is 13.5. The van der Waals surface area contributed by atoms with E-state index in [9.17, 15) is 19.1 Å². The summed E-state index contributed by atoms with van der Waals surface area (Å²) >= 11 is 0. The standard InChI is InChI=1S/C17H21FN2O4/c1-11(22)14-15(12-4-2-5-13(18)10-12)20(17(24)16(14)23)8-3-6-19-7-9-21/h2,4-5,10,15,19,21,23H,3,6-9H2,1H3/t15-/m1/s1. The Bertz CT molecular complexity index is 660. The molecule has 0 aromatic heterocycles. The Balaban J connectivity index is 2.25. The van der Waals surface area contributed by atoms with Crippen LogP contribution in [0.3, 0.4) is 0 Å². The zero-order valence-electron chi connectivity index (χ0n) is 13.5. The van der Waals surface area contributed by atoms with E-state index in [0.717, 1.165) is 0 Å². The second kappa shape index (κ2) is 8.03. The quantitative estimate of drug-likeness (QED) is 0.618. The van der Waals surface area contributed by atoms with Crippen molar-refractivity contribution in [3.05, 3.63) is 47.0 Å². The van der Waals surface area contributed by atoms with Crippen molar-refractivity contribution in [1.29, 1.82) is 0 Å². The van der Waals surface area contributed by atoms with Crippen LogP contribution >= 0.6 is 0 Å². The summed E-state index contributed by atoms with van der Waals surface area (Å²) in [6.07, 6.45) is 0.565. The van der Waals surface area contributed by atoms with Crippen LogP contribution in [-0.2, 0) is 9.59 Å². The Morgan fingerprint density at radius 3 is 2.75 bits per heavy atom. The van der Waals surface area contributed by atoms with E-state index in [1.165, 1.54) is 30.0 Å². The first-order valence-electron chi connectivity index (χ1n) is 7.79. The minimum Gasteiger partial charge on any atom is -0.503 e. The molecule has 1 aliphatic rings. The minimum atomic E-state index is -0.788. The van der Waals surface area contributed by atoms with Crippen LogP contribution in [0, 0.1) is 5.82 Å². The molecule has 3 N–H and O–H groups in total. The fourth-order valence-electron chi connectivity index (χ4n) is 2.85. The topological polar surface area (TPSA) is 89.9 Å². The number of hydrogen-bond acceptors (Lipinski definition) is 5. The number of rotatable bonds is 8. The minimum absolute atomic E-state index is 0.00563. The number of halogens is 1. The second-order valence-electron chi connectivity index (χ2n) is 5.60. The van der Waals surface area contributed by atoms with Gasteiger partial charge in [0.1, 0.15) is 5.82 Å². The van der Waals surface area contributed by atoms with Gasteiger partial charge in [0.2, 0.25) is 0 Å². The van der Waals surface area contributed by atoms with Crippen LogP contribution < -0.4 is 5.32 Å². The predicted molar refractivity (Wildman–Crippen MR) is 85.8 cm³/mol.